The van der Waals surface area contributed by atoms with Crippen molar-refractivity contribution in [1.82, 2.24) is 4.98 Å². The van der Waals surface area contributed by atoms with Gasteiger partial charge in [0.1, 0.15) is 5.03 Å². The molecule has 0 aliphatic carbocycles. The summed E-state index contributed by atoms with van der Waals surface area (Å²) in [6.45, 7) is 2.04. The van der Waals surface area contributed by atoms with Gasteiger partial charge in [0.25, 0.3) is 0 Å². The van der Waals surface area contributed by atoms with Crippen molar-refractivity contribution in [3.63, 3.8) is 0 Å². The first-order valence-corrected chi connectivity index (χ1v) is 11.7. The topological polar surface area (TPSA) is 70.0 Å². The molecule has 6 nitrogen and oxygen atoms in total. The fourth-order valence-electron chi connectivity index (χ4n) is 3.71. The smallest absolute Gasteiger partial charge is 0.363 e. The van der Waals surface area contributed by atoms with Crippen molar-refractivity contribution in [2.24, 2.45) is 4.99 Å². The van der Waals surface area contributed by atoms with Gasteiger partial charge in [-0.1, -0.05) is 42.1 Å². The Labute approximate surface area is 207 Å². The predicted octanol–water partition coefficient (Wildman–Crippen LogP) is 6.06. The summed E-state index contributed by atoms with van der Waals surface area (Å²) in [5, 5.41) is 1.76. The van der Waals surface area contributed by atoms with Crippen LogP contribution in [0.15, 0.2) is 93.4 Å². The molecule has 7 heteroatoms. The Bertz CT molecular complexity index is 1500. The molecule has 0 saturated carbocycles. The van der Waals surface area contributed by atoms with E-state index in [1.165, 1.54) is 11.8 Å². The second kappa shape index (κ2) is 9.64. The van der Waals surface area contributed by atoms with Gasteiger partial charge < -0.3 is 14.2 Å². The first-order valence-electron chi connectivity index (χ1n) is 10.9. The maximum absolute atomic E-state index is 12.7. The van der Waals surface area contributed by atoms with Gasteiger partial charge in [0.15, 0.2) is 17.2 Å². The molecule has 0 fully saturated rings. The third-order valence-corrected chi connectivity index (χ3v) is 6.50. The van der Waals surface area contributed by atoms with E-state index in [9.17, 15) is 4.79 Å². The minimum absolute atomic E-state index is 0.206. The first kappa shape index (κ1) is 22.7. The third-order valence-electron chi connectivity index (χ3n) is 5.47. The Kier molecular flexibility index (Phi) is 6.25. The van der Waals surface area contributed by atoms with Crippen molar-refractivity contribution in [3.05, 3.63) is 95.2 Å². The number of aryl methyl sites for hydroxylation is 1. The standard InChI is InChI=1S/C28H22N2O4S/c1-17-9-10-18-14-20(27(30-22(18)13-17)35-21-7-5-4-6-8-21)15-23-28(31)34-26(29-23)19-11-12-24(32-2)25(16-19)33-3/h4-16H,1-3H3. The van der Waals surface area contributed by atoms with Crippen molar-refractivity contribution < 1.29 is 19.0 Å². The van der Waals surface area contributed by atoms with Gasteiger partial charge in [-0.05, 0) is 61.0 Å². The number of carbonyl (C=O) groups is 1. The van der Waals surface area contributed by atoms with Crippen molar-refractivity contribution in [2.45, 2.75) is 16.8 Å². The predicted molar refractivity (Wildman–Crippen MR) is 137 cm³/mol. The number of nitrogens with zero attached hydrogens (tertiary/aromatic N) is 2. The molecule has 0 bridgehead atoms. The van der Waals surface area contributed by atoms with E-state index in [1.807, 2.05) is 55.5 Å². The van der Waals surface area contributed by atoms with Gasteiger partial charge in [0.2, 0.25) is 5.90 Å². The maximum Gasteiger partial charge on any atom is 0.363 e. The van der Waals surface area contributed by atoms with E-state index < -0.39 is 5.97 Å². The second-order valence-electron chi connectivity index (χ2n) is 7.90. The highest BCUT2D eigenvalue weighted by Crippen LogP contribution is 2.34. The van der Waals surface area contributed by atoms with Gasteiger partial charge in [0, 0.05) is 21.4 Å². The van der Waals surface area contributed by atoms with Gasteiger partial charge in [-0.2, -0.15) is 0 Å². The average molecular weight is 483 g/mol. The summed E-state index contributed by atoms with van der Waals surface area (Å²) in [5.74, 6) is 0.798. The van der Waals surface area contributed by atoms with Crippen molar-refractivity contribution in [1.29, 1.82) is 0 Å². The summed E-state index contributed by atoms with van der Waals surface area (Å²) in [4.78, 5) is 23.2. The zero-order chi connectivity index (χ0) is 24.4. The molecule has 0 radical (unpaired) electrons. The summed E-state index contributed by atoms with van der Waals surface area (Å²) in [6.07, 6.45) is 1.73. The highest BCUT2D eigenvalue weighted by atomic mass is 32.2. The van der Waals surface area contributed by atoms with Gasteiger partial charge in [-0.25, -0.2) is 14.8 Å². The molecule has 174 valence electrons. The summed E-state index contributed by atoms with van der Waals surface area (Å²) in [6, 6.07) is 23.4. The molecule has 0 spiro atoms. The largest absolute Gasteiger partial charge is 0.493 e. The van der Waals surface area contributed by atoms with Crippen molar-refractivity contribution in [2.75, 3.05) is 14.2 Å². The van der Waals surface area contributed by atoms with E-state index in [1.54, 1.807) is 38.5 Å². The van der Waals surface area contributed by atoms with Crippen LogP contribution in [0.4, 0.5) is 0 Å². The molecule has 2 heterocycles. The van der Waals surface area contributed by atoms with E-state index in [0.717, 1.165) is 32.0 Å². The molecule has 0 unspecified atom stereocenters. The Morgan fingerprint density at radius 3 is 2.49 bits per heavy atom. The molecule has 0 atom stereocenters. The number of cyclic esters (lactones) is 1. The van der Waals surface area contributed by atoms with E-state index in [0.29, 0.717) is 17.1 Å². The van der Waals surface area contributed by atoms with Gasteiger partial charge in [-0.3, -0.25) is 0 Å². The summed E-state index contributed by atoms with van der Waals surface area (Å²) in [7, 11) is 3.12. The highest BCUT2D eigenvalue weighted by Gasteiger charge is 2.25. The van der Waals surface area contributed by atoms with E-state index in [-0.39, 0.29) is 11.6 Å². The quantitative estimate of drug-likeness (QED) is 0.246. The minimum atomic E-state index is -0.519. The lowest BCUT2D eigenvalue weighted by atomic mass is 10.1. The summed E-state index contributed by atoms with van der Waals surface area (Å²) in [5.41, 5.74) is 3.65. The molecule has 4 aromatic rings. The molecule has 0 saturated heterocycles. The first-order chi connectivity index (χ1) is 17.0. The Morgan fingerprint density at radius 1 is 0.914 bits per heavy atom. The molecular formula is C28H22N2O4S. The Balaban J connectivity index is 1.57. The minimum Gasteiger partial charge on any atom is -0.493 e. The van der Waals surface area contributed by atoms with Crippen LogP contribution in [0, 0.1) is 6.92 Å². The molecule has 0 amide bonds. The number of hydrogen-bond donors (Lipinski definition) is 0. The number of esters is 1. The average Bonchev–Trinajstić information content (AvgIpc) is 3.24. The van der Waals surface area contributed by atoms with E-state index in [4.69, 9.17) is 19.2 Å². The van der Waals surface area contributed by atoms with Crippen LogP contribution in [0.25, 0.3) is 17.0 Å². The molecule has 3 aromatic carbocycles. The molecule has 1 aliphatic rings. The van der Waals surface area contributed by atoms with Crippen LogP contribution in [0.2, 0.25) is 0 Å². The van der Waals surface area contributed by atoms with Crippen LogP contribution in [-0.4, -0.2) is 31.1 Å². The van der Waals surface area contributed by atoms with Gasteiger partial charge in [0.05, 0.1) is 19.7 Å². The lowest BCUT2D eigenvalue weighted by molar-refractivity contribution is -0.129. The molecule has 5 rings (SSSR count). The van der Waals surface area contributed by atoms with Crippen molar-refractivity contribution >= 4 is 40.6 Å². The fourth-order valence-corrected chi connectivity index (χ4v) is 4.61. The van der Waals surface area contributed by atoms with Crippen LogP contribution in [-0.2, 0) is 9.53 Å². The number of ether oxygens (including phenoxy) is 3. The lowest BCUT2D eigenvalue weighted by Gasteiger charge is -2.08. The van der Waals surface area contributed by atoms with E-state index in [2.05, 4.69) is 11.1 Å². The number of carbonyl (C=O) groups excluding carboxylic acids is 1. The number of benzene rings is 3. The maximum atomic E-state index is 12.7. The number of pyridine rings is 1. The molecule has 0 N–H and O–H groups in total. The monoisotopic (exact) mass is 482 g/mol. The zero-order valence-corrected chi connectivity index (χ0v) is 20.3. The van der Waals surface area contributed by atoms with Crippen molar-refractivity contribution in [3.8, 4) is 11.5 Å². The van der Waals surface area contributed by atoms with Crippen LogP contribution in [0.3, 0.4) is 0 Å². The molecular weight excluding hydrogens is 460 g/mol. The van der Waals surface area contributed by atoms with Crippen LogP contribution in [0.5, 0.6) is 11.5 Å². The second-order valence-corrected chi connectivity index (χ2v) is 8.96. The number of rotatable bonds is 6. The lowest BCUT2D eigenvalue weighted by Crippen LogP contribution is -2.06. The molecule has 35 heavy (non-hydrogen) atoms. The van der Waals surface area contributed by atoms with E-state index >= 15 is 0 Å². The zero-order valence-electron chi connectivity index (χ0n) is 19.4. The normalized spacial score (nSPS) is 14.2. The third kappa shape index (κ3) is 4.76. The van der Waals surface area contributed by atoms with Gasteiger partial charge >= 0.3 is 5.97 Å². The number of aromatic nitrogens is 1. The molecule has 1 aromatic heterocycles. The number of hydrogen-bond acceptors (Lipinski definition) is 7. The fraction of sp³-hybridized carbons (Fsp3) is 0.107. The van der Waals surface area contributed by atoms with Crippen LogP contribution < -0.4 is 9.47 Å². The number of fused-ring (bicyclic) bond motifs is 1. The Hall–Kier alpha value is -4.10. The van der Waals surface area contributed by atoms with Crippen LogP contribution >= 0.6 is 11.8 Å². The molecule has 1 aliphatic heterocycles. The summed E-state index contributed by atoms with van der Waals surface area (Å²) >= 11 is 1.54. The van der Waals surface area contributed by atoms with Crippen LogP contribution in [0.1, 0.15) is 16.7 Å². The highest BCUT2D eigenvalue weighted by molar-refractivity contribution is 7.99. The summed E-state index contributed by atoms with van der Waals surface area (Å²) < 4.78 is 16.1. The number of aliphatic imine (C=N–C) groups is 1. The number of methoxy groups -OCH3 is 2. The van der Waals surface area contributed by atoms with Gasteiger partial charge in [-0.15, -0.1) is 0 Å². The Morgan fingerprint density at radius 2 is 1.71 bits per heavy atom. The SMILES string of the molecule is COc1ccc(C2=NC(=Cc3cc4ccc(C)cc4nc3Sc3ccccc3)C(=O)O2)cc1OC.